The second-order valence-electron chi connectivity index (χ2n) is 5.89. The highest BCUT2D eigenvalue weighted by molar-refractivity contribution is 6.42. The molecule has 0 aromatic heterocycles. The molecule has 21 heavy (non-hydrogen) atoms. The normalized spacial score (nSPS) is 17.1. The molecule has 2 aromatic carbocycles. The summed E-state index contributed by atoms with van der Waals surface area (Å²) in [7, 11) is 0. The van der Waals surface area contributed by atoms with Crippen molar-refractivity contribution in [2.75, 3.05) is 0 Å². The van der Waals surface area contributed by atoms with Crippen LogP contribution in [0.5, 0.6) is 0 Å². The third-order valence-corrected chi connectivity index (χ3v) is 5.13. The number of hydrogen-bond donors (Lipinski definition) is 1. The molecule has 0 amide bonds. The number of aryl methyl sites for hydroxylation is 2. The van der Waals surface area contributed by atoms with Crippen LogP contribution >= 0.6 is 23.2 Å². The van der Waals surface area contributed by atoms with Crippen molar-refractivity contribution in [3.63, 3.8) is 0 Å². The van der Waals surface area contributed by atoms with Crippen molar-refractivity contribution >= 4 is 23.2 Å². The quantitative estimate of drug-likeness (QED) is 0.813. The van der Waals surface area contributed by atoms with Crippen LogP contribution in [0.4, 0.5) is 0 Å². The first kappa shape index (κ1) is 14.9. The Labute approximate surface area is 135 Å². The first-order valence-corrected chi connectivity index (χ1v) is 8.04. The van der Waals surface area contributed by atoms with Crippen LogP contribution in [-0.2, 0) is 18.4 Å². The summed E-state index contributed by atoms with van der Waals surface area (Å²) in [6.45, 7) is 1.80. The SMILES string of the molecule is CC(O)(c1ccc(Cl)c(Cl)c1)c1ccc2c(c1)CCCC2. The number of aliphatic hydroxyl groups is 1. The van der Waals surface area contributed by atoms with E-state index in [2.05, 4.69) is 12.1 Å². The van der Waals surface area contributed by atoms with Crippen LogP contribution in [0, 0.1) is 0 Å². The lowest BCUT2D eigenvalue weighted by molar-refractivity contribution is 0.102. The van der Waals surface area contributed by atoms with Gasteiger partial charge in [-0.1, -0.05) is 47.5 Å². The van der Waals surface area contributed by atoms with Gasteiger partial charge in [-0.25, -0.2) is 0 Å². The van der Waals surface area contributed by atoms with Crippen molar-refractivity contribution in [1.29, 1.82) is 0 Å². The van der Waals surface area contributed by atoms with E-state index in [0.717, 1.165) is 24.0 Å². The minimum absolute atomic E-state index is 0.465. The Hall–Kier alpha value is -1.02. The zero-order valence-corrected chi connectivity index (χ0v) is 13.5. The topological polar surface area (TPSA) is 20.2 Å². The van der Waals surface area contributed by atoms with Gasteiger partial charge in [0, 0.05) is 0 Å². The summed E-state index contributed by atoms with van der Waals surface area (Å²) in [5.41, 5.74) is 3.36. The molecule has 1 N–H and O–H groups in total. The minimum atomic E-state index is -1.07. The van der Waals surface area contributed by atoms with Crippen molar-refractivity contribution in [3.05, 3.63) is 68.7 Å². The highest BCUT2D eigenvalue weighted by Crippen LogP contribution is 2.35. The van der Waals surface area contributed by atoms with Gasteiger partial charge in [0.25, 0.3) is 0 Å². The molecule has 0 radical (unpaired) electrons. The van der Waals surface area contributed by atoms with Crippen LogP contribution in [0.15, 0.2) is 36.4 Å². The molecule has 0 aliphatic heterocycles. The Bertz CT molecular complexity index is 677. The van der Waals surface area contributed by atoms with Crippen molar-refractivity contribution < 1.29 is 5.11 Å². The van der Waals surface area contributed by atoms with E-state index in [-0.39, 0.29) is 0 Å². The average molecular weight is 321 g/mol. The molecule has 0 fully saturated rings. The van der Waals surface area contributed by atoms with Gasteiger partial charge >= 0.3 is 0 Å². The van der Waals surface area contributed by atoms with Crippen LogP contribution in [0.25, 0.3) is 0 Å². The van der Waals surface area contributed by atoms with Crippen molar-refractivity contribution in [2.45, 2.75) is 38.2 Å². The summed E-state index contributed by atoms with van der Waals surface area (Å²) in [6, 6.07) is 11.6. The fourth-order valence-electron chi connectivity index (χ4n) is 3.00. The van der Waals surface area contributed by atoms with Gasteiger partial charge in [0.15, 0.2) is 0 Å². The minimum Gasteiger partial charge on any atom is -0.381 e. The molecular formula is C18H18Cl2O. The maximum atomic E-state index is 11.0. The number of fused-ring (bicyclic) bond motifs is 1. The summed E-state index contributed by atoms with van der Waals surface area (Å²) in [4.78, 5) is 0. The summed E-state index contributed by atoms with van der Waals surface area (Å²) in [5, 5.41) is 11.9. The number of halogens is 2. The lowest BCUT2D eigenvalue weighted by Crippen LogP contribution is -2.23. The zero-order chi connectivity index (χ0) is 15.0. The van der Waals surface area contributed by atoms with E-state index in [4.69, 9.17) is 23.2 Å². The van der Waals surface area contributed by atoms with Crippen LogP contribution < -0.4 is 0 Å². The van der Waals surface area contributed by atoms with Gasteiger partial charge in [-0.05, 0) is 67.0 Å². The molecule has 3 heteroatoms. The molecule has 0 saturated carbocycles. The summed E-state index contributed by atoms with van der Waals surface area (Å²) >= 11 is 12.0. The molecule has 0 heterocycles. The molecule has 1 aliphatic rings. The monoisotopic (exact) mass is 320 g/mol. The fraction of sp³-hybridized carbons (Fsp3) is 0.333. The van der Waals surface area contributed by atoms with Crippen molar-refractivity contribution in [2.24, 2.45) is 0 Å². The van der Waals surface area contributed by atoms with E-state index >= 15 is 0 Å². The van der Waals surface area contributed by atoms with Gasteiger partial charge in [0.05, 0.1) is 10.0 Å². The van der Waals surface area contributed by atoms with Gasteiger partial charge in [0.2, 0.25) is 0 Å². The fourth-order valence-corrected chi connectivity index (χ4v) is 3.30. The second kappa shape index (κ2) is 5.64. The van der Waals surface area contributed by atoms with Gasteiger partial charge in [-0.15, -0.1) is 0 Å². The molecule has 3 rings (SSSR count). The van der Waals surface area contributed by atoms with Gasteiger partial charge in [-0.2, -0.15) is 0 Å². The van der Waals surface area contributed by atoms with E-state index < -0.39 is 5.60 Å². The molecular weight excluding hydrogens is 303 g/mol. The van der Waals surface area contributed by atoms with Crippen LogP contribution in [-0.4, -0.2) is 5.11 Å². The van der Waals surface area contributed by atoms with Crippen LogP contribution in [0.2, 0.25) is 10.0 Å². The lowest BCUT2D eigenvalue weighted by Gasteiger charge is -2.27. The largest absolute Gasteiger partial charge is 0.381 e. The Morgan fingerprint density at radius 3 is 2.19 bits per heavy atom. The summed E-state index contributed by atoms with van der Waals surface area (Å²) in [6.07, 6.45) is 4.73. The zero-order valence-electron chi connectivity index (χ0n) is 12.0. The number of hydrogen-bond acceptors (Lipinski definition) is 1. The Morgan fingerprint density at radius 1 is 0.857 bits per heavy atom. The first-order chi connectivity index (χ1) is 9.98. The van der Waals surface area contributed by atoms with E-state index in [1.165, 1.54) is 24.0 Å². The van der Waals surface area contributed by atoms with Gasteiger partial charge < -0.3 is 5.11 Å². The predicted molar refractivity (Wildman–Crippen MR) is 88.2 cm³/mol. The number of rotatable bonds is 2. The molecule has 110 valence electrons. The third kappa shape index (κ3) is 2.83. The molecule has 1 atom stereocenters. The summed E-state index contributed by atoms with van der Waals surface area (Å²) in [5.74, 6) is 0. The van der Waals surface area contributed by atoms with E-state index in [1.807, 2.05) is 12.1 Å². The Balaban J connectivity index is 2.02. The van der Waals surface area contributed by atoms with E-state index in [9.17, 15) is 5.11 Å². The average Bonchev–Trinajstić information content (AvgIpc) is 2.49. The van der Waals surface area contributed by atoms with Crippen LogP contribution in [0.3, 0.4) is 0 Å². The molecule has 2 aromatic rings. The van der Waals surface area contributed by atoms with Gasteiger partial charge in [0.1, 0.15) is 5.60 Å². The molecule has 1 unspecified atom stereocenters. The summed E-state index contributed by atoms with van der Waals surface area (Å²) < 4.78 is 0. The van der Waals surface area contributed by atoms with Crippen molar-refractivity contribution in [3.8, 4) is 0 Å². The second-order valence-corrected chi connectivity index (χ2v) is 6.71. The third-order valence-electron chi connectivity index (χ3n) is 4.39. The highest BCUT2D eigenvalue weighted by atomic mass is 35.5. The van der Waals surface area contributed by atoms with Gasteiger partial charge in [-0.3, -0.25) is 0 Å². The molecule has 1 nitrogen and oxygen atoms in total. The van der Waals surface area contributed by atoms with Crippen LogP contribution in [0.1, 0.15) is 42.0 Å². The Kier molecular flexibility index (Phi) is 4.00. The van der Waals surface area contributed by atoms with E-state index in [0.29, 0.717) is 10.0 Å². The first-order valence-electron chi connectivity index (χ1n) is 7.28. The molecule has 0 spiro atoms. The smallest absolute Gasteiger partial charge is 0.112 e. The molecule has 0 saturated heterocycles. The maximum absolute atomic E-state index is 11.0. The standard InChI is InChI=1S/C18H18Cl2O/c1-18(21,15-8-9-16(19)17(20)11-15)14-7-6-12-4-2-3-5-13(12)10-14/h6-11,21H,2-5H2,1H3. The Morgan fingerprint density at radius 2 is 1.48 bits per heavy atom. The highest BCUT2D eigenvalue weighted by Gasteiger charge is 2.27. The predicted octanol–water partition coefficient (Wildman–Crippen LogP) is 5.13. The van der Waals surface area contributed by atoms with Crippen molar-refractivity contribution in [1.82, 2.24) is 0 Å². The lowest BCUT2D eigenvalue weighted by atomic mass is 9.83. The number of benzene rings is 2. The maximum Gasteiger partial charge on any atom is 0.112 e. The molecule has 1 aliphatic carbocycles. The van der Waals surface area contributed by atoms with E-state index in [1.54, 1.807) is 19.1 Å². The molecule has 0 bridgehead atoms.